The number of hydrogen-bond acceptors (Lipinski definition) is 0. The molecule has 0 aromatic rings. The van der Waals surface area contributed by atoms with E-state index in [4.69, 9.17) is 10.8 Å². The van der Waals surface area contributed by atoms with Crippen LogP contribution < -0.4 is 0 Å². The van der Waals surface area contributed by atoms with Crippen LogP contribution in [0.1, 0.15) is 0 Å². The fourth-order valence-corrected chi connectivity index (χ4v) is 0.0745. The molecule has 0 aromatic heterocycles. The molecule has 0 amide bonds. The van der Waals surface area contributed by atoms with Gasteiger partial charge in [-0.05, 0) is 12.2 Å². The first-order valence-electron chi connectivity index (χ1n) is 1.36. The van der Waals surface area contributed by atoms with Gasteiger partial charge in [-0.25, -0.2) is 0 Å². The smallest absolute Gasteiger partial charge is 0.0380 e. The number of rotatable bonds is 1. The molecule has 0 saturated heterocycles. The third-order valence-corrected chi connectivity index (χ3v) is 0.232. The van der Waals surface area contributed by atoms with Gasteiger partial charge in [-0.1, -0.05) is 0 Å². The summed E-state index contributed by atoms with van der Waals surface area (Å²) in [6.45, 7) is 0. The summed E-state index contributed by atoms with van der Waals surface area (Å²) < 4.78 is 0. The van der Waals surface area contributed by atoms with Gasteiger partial charge in [0.1, 0.15) is 0 Å². The molecule has 0 N–H and O–H groups in total. The average Bonchev–Trinajstić information content (AvgIpc) is 1.61. The minimum atomic E-state index is 1.12. The van der Waals surface area contributed by atoms with Crippen LogP contribution in [0.3, 0.4) is 0 Å². The van der Waals surface area contributed by atoms with Crippen LogP contribution in [-0.2, 0) is 0 Å². The van der Waals surface area contributed by atoms with Crippen LogP contribution in [0.25, 0.3) is 10.8 Å². The van der Waals surface area contributed by atoms with Crippen molar-refractivity contribution in [2.24, 2.45) is 0 Å². The van der Waals surface area contributed by atoms with Crippen LogP contribution in [0.4, 0.5) is 0 Å². The van der Waals surface area contributed by atoms with Gasteiger partial charge < -0.3 is 10.8 Å². The third-order valence-electron chi connectivity index (χ3n) is 0.232. The minimum Gasteiger partial charge on any atom is -0.763 e. The van der Waals surface area contributed by atoms with Gasteiger partial charge in [0, 0.05) is 0 Å². The lowest BCUT2D eigenvalue weighted by molar-refractivity contribution is 2.29. The number of nitrogens with zero attached hydrogens (tertiary/aromatic N) is 2. The van der Waals surface area contributed by atoms with Crippen molar-refractivity contribution in [1.82, 2.24) is 0 Å². The van der Waals surface area contributed by atoms with E-state index >= 15 is 0 Å². The lowest BCUT2D eigenvalue weighted by atomic mass is 10.6. The summed E-state index contributed by atoms with van der Waals surface area (Å²) in [6.07, 6.45) is 2.25. The molecule has 0 atom stereocenters. The molecule has 0 aliphatic rings. The van der Waals surface area contributed by atoms with E-state index in [1.807, 2.05) is 0 Å². The molecule has 0 aliphatic carbocycles. The number of allylic oxidation sites excluding steroid dienone is 2. The summed E-state index contributed by atoms with van der Waals surface area (Å²) in [5, 5.41) is 15.4. The molecule has 0 bridgehead atoms. The zero-order chi connectivity index (χ0) is 4.83. The van der Waals surface area contributed by atoms with Crippen LogP contribution in [-0.4, -0.2) is 11.7 Å². The molecule has 0 spiro atoms. The molecule has 0 unspecified atom stereocenters. The van der Waals surface area contributed by atoms with Gasteiger partial charge in [0.25, 0.3) is 0 Å². The Bertz CT molecular complexity index is 97.5. The second-order valence-electron chi connectivity index (χ2n) is 0.592. The normalized spacial score (nSPS) is 4.67. The fraction of sp³-hybridized carbons (Fsp3) is 0. The van der Waals surface area contributed by atoms with Crippen LogP contribution >= 0.6 is 0 Å². The van der Waals surface area contributed by atoms with E-state index in [9.17, 15) is 0 Å². The van der Waals surface area contributed by atoms with Gasteiger partial charge in [0.15, 0.2) is 0 Å². The van der Waals surface area contributed by atoms with Crippen LogP contribution in [0.2, 0.25) is 0 Å². The highest BCUT2D eigenvalue weighted by molar-refractivity contribution is 5.66. The summed E-state index contributed by atoms with van der Waals surface area (Å²) in [5.41, 5.74) is 0. The Morgan fingerprint density at radius 3 is 1.50 bits per heavy atom. The highest BCUT2D eigenvalue weighted by Gasteiger charge is 1.33. The van der Waals surface area contributed by atoms with Crippen molar-refractivity contribution in [2.45, 2.75) is 0 Å². The molecule has 0 saturated carbocycles. The van der Waals surface area contributed by atoms with Crippen molar-refractivity contribution in [2.75, 3.05) is 0 Å². The fourth-order valence-electron chi connectivity index (χ4n) is 0.0745. The molecule has 0 heterocycles. The van der Waals surface area contributed by atoms with E-state index in [2.05, 4.69) is 0 Å². The van der Waals surface area contributed by atoms with Gasteiger partial charge >= 0.3 is 0 Å². The van der Waals surface area contributed by atoms with E-state index < -0.39 is 0 Å². The molecule has 0 aromatic carbocycles. The Kier molecular flexibility index (Phi) is 3.19. The van der Waals surface area contributed by atoms with Gasteiger partial charge in [-0.3, -0.25) is 11.7 Å². The van der Waals surface area contributed by atoms with Gasteiger partial charge in [0.2, 0.25) is 0 Å². The molecule has 6 heavy (non-hydrogen) atoms. The summed E-state index contributed by atoms with van der Waals surface area (Å²) >= 11 is 0. The maximum atomic E-state index is 7.71. The SMILES string of the molecule is [N-]=C=CC=C=[N-]. The molecule has 0 radical (unpaired) electrons. The van der Waals surface area contributed by atoms with Crippen molar-refractivity contribution in [3.8, 4) is 0 Å². The highest BCUT2D eigenvalue weighted by atomic mass is 14.3. The van der Waals surface area contributed by atoms with Gasteiger partial charge in [0.05, 0.1) is 0 Å². The molecule has 2 nitrogen and oxygen atoms in total. The van der Waals surface area contributed by atoms with E-state index in [-0.39, 0.29) is 0 Å². The predicted molar refractivity (Wildman–Crippen MR) is 25.9 cm³/mol. The second-order valence-corrected chi connectivity index (χ2v) is 0.592. The van der Waals surface area contributed by atoms with Crippen LogP contribution in [0, 0.1) is 0 Å². The summed E-state index contributed by atoms with van der Waals surface area (Å²) in [6, 6.07) is 0. The van der Waals surface area contributed by atoms with Gasteiger partial charge in [-0.15, -0.1) is 0 Å². The van der Waals surface area contributed by atoms with Crippen LogP contribution in [0.5, 0.6) is 0 Å². The molecular weight excluding hydrogens is 76.1 g/mol. The van der Waals surface area contributed by atoms with E-state index in [0.29, 0.717) is 0 Å². The van der Waals surface area contributed by atoms with Crippen molar-refractivity contribution in [1.29, 1.82) is 0 Å². The van der Waals surface area contributed by atoms with Crippen molar-refractivity contribution >= 4 is 11.7 Å². The zero-order valence-electron chi connectivity index (χ0n) is 3.05. The van der Waals surface area contributed by atoms with Crippen molar-refractivity contribution < 1.29 is 0 Å². The Morgan fingerprint density at radius 2 is 1.33 bits per heavy atom. The first-order chi connectivity index (χ1) is 2.91. The largest absolute Gasteiger partial charge is 0.763 e. The maximum Gasteiger partial charge on any atom is -0.0380 e. The highest BCUT2D eigenvalue weighted by Crippen LogP contribution is 1.52. The molecule has 0 rings (SSSR count). The minimum absolute atomic E-state index is 1.12. The monoisotopic (exact) mass is 78.0 g/mol. The topological polar surface area (TPSA) is 44.6 Å². The molecule has 30 valence electrons. The average molecular weight is 78.1 g/mol. The molecule has 0 aliphatic heterocycles. The second kappa shape index (κ2) is 3.90. The van der Waals surface area contributed by atoms with E-state index in [0.717, 1.165) is 12.2 Å². The molecular formula is C4H2N2-2. The summed E-state index contributed by atoms with van der Waals surface area (Å²) in [4.78, 5) is 0. The molecule has 0 fully saturated rings. The first kappa shape index (κ1) is 4.90. The first-order valence-corrected chi connectivity index (χ1v) is 1.36. The van der Waals surface area contributed by atoms with Crippen molar-refractivity contribution in [3.63, 3.8) is 0 Å². The third kappa shape index (κ3) is 2.90. The van der Waals surface area contributed by atoms with Crippen LogP contribution in [0.15, 0.2) is 12.2 Å². The Hall–Kier alpha value is -1.10. The summed E-state index contributed by atoms with van der Waals surface area (Å²) in [5.74, 6) is 3.33. The zero-order valence-corrected chi connectivity index (χ0v) is 3.05. The van der Waals surface area contributed by atoms with Crippen molar-refractivity contribution in [3.05, 3.63) is 23.0 Å². The Labute approximate surface area is 35.8 Å². The lowest BCUT2D eigenvalue weighted by Crippen LogP contribution is -1.43. The Morgan fingerprint density at radius 1 is 1.00 bits per heavy atom. The quantitative estimate of drug-likeness (QED) is 0.325. The molecule has 2 heteroatoms. The standard InChI is InChI=1S/C4H2N2/c5-3-1-2-4-6/h1-2H/q-2. The predicted octanol–water partition coefficient (Wildman–Crippen LogP) is 0.577. The number of hydrogen-bond donors (Lipinski definition) is 0. The lowest BCUT2D eigenvalue weighted by Gasteiger charge is -1.65. The summed E-state index contributed by atoms with van der Waals surface area (Å²) in [7, 11) is 0. The van der Waals surface area contributed by atoms with Gasteiger partial charge in [-0.2, -0.15) is 0 Å². The van der Waals surface area contributed by atoms with E-state index in [1.165, 1.54) is 0 Å². The maximum absolute atomic E-state index is 7.71. The Balaban J connectivity index is 3.64. The van der Waals surface area contributed by atoms with E-state index in [1.54, 1.807) is 11.7 Å².